The fraction of sp³-hybridized carbons (Fsp3) is 0.348. The molecule has 0 saturated heterocycles. The molecule has 1 fully saturated rings. The molecule has 0 spiro atoms. The quantitative estimate of drug-likeness (QED) is 0.671. The molecule has 0 bridgehead atoms. The third-order valence-electron chi connectivity index (χ3n) is 6.23. The fourth-order valence-electron chi connectivity index (χ4n) is 4.68. The van der Waals surface area contributed by atoms with E-state index in [2.05, 4.69) is 18.3 Å². The van der Waals surface area contributed by atoms with Crippen LogP contribution in [-0.2, 0) is 0 Å². The predicted octanol–water partition coefficient (Wildman–Crippen LogP) is 5.49. The highest BCUT2D eigenvalue weighted by atomic mass is 16.3. The number of fused-ring (bicyclic) bond motifs is 3. The van der Waals surface area contributed by atoms with Crippen molar-refractivity contribution < 1.29 is 9.21 Å². The van der Waals surface area contributed by atoms with Gasteiger partial charge in [-0.15, -0.1) is 0 Å². The molecule has 1 aliphatic carbocycles. The first-order valence-electron chi connectivity index (χ1n) is 9.87. The number of benzene rings is 2. The molecular weight excluding hydrogens is 336 g/mol. The van der Waals surface area contributed by atoms with Crippen molar-refractivity contribution in [2.24, 2.45) is 11.8 Å². The average Bonchev–Trinajstić information content (AvgIpc) is 3.28. The molecule has 3 aromatic rings. The van der Waals surface area contributed by atoms with Crippen LogP contribution < -0.4 is 10.2 Å². The molecule has 1 aromatic heterocycles. The Morgan fingerprint density at radius 3 is 2.63 bits per heavy atom. The molecule has 0 radical (unpaired) electrons. The van der Waals surface area contributed by atoms with Gasteiger partial charge < -0.3 is 9.73 Å². The Balaban J connectivity index is 1.63. The van der Waals surface area contributed by atoms with E-state index in [1.165, 1.54) is 19.3 Å². The highest BCUT2D eigenvalue weighted by Gasteiger charge is 2.38. The van der Waals surface area contributed by atoms with Gasteiger partial charge in [0.2, 0.25) is 0 Å². The van der Waals surface area contributed by atoms with Gasteiger partial charge in [0.05, 0.1) is 5.69 Å². The topological polar surface area (TPSA) is 45.5 Å². The number of nitrogens with zero attached hydrogens (tertiary/aromatic N) is 1. The van der Waals surface area contributed by atoms with E-state index < -0.39 is 0 Å². The molecule has 3 unspecified atom stereocenters. The molecule has 1 N–H and O–H groups in total. The highest BCUT2D eigenvalue weighted by Crippen LogP contribution is 2.44. The second kappa shape index (κ2) is 6.45. The fourth-order valence-corrected chi connectivity index (χ4v) is 4.68. The summed E-state index contributed by atoms with van der Waals surface area (Å²) in [5.74, 6) is 2.05. The van der Waals surface area contributed by atoms with E-state index in [1.807, 2.05) is 53.4 Å². The average molecular weight is 360 g/mol. The van der Waals surface area contributed by atoms with Crippen LogP contribution in [0.5, 0.6) is 0 Å². The Morgan fingerprint density at radius 2 is 1.85 bits per heavy atom. The first-order valence-corrected chi connectivity index (χ1v) is 9.87. The summed E-state index contributed by atoms with van der Waals surface area (Å²) in [6, 6.07) is 17.8. The standard InChI is InChI=1S/C23H24N2O2/c1-15-8-7-11-17(15)14-25-21-18-12-5-6-13-19(18)27-22(21)20(24-23(25)26)16-9-3-2-4-10-16/h2-6,9-10,12-13,15,17,20H,7-8,11,14H2,1H3,(H,24,26). The second-order valence-corrected chi connectivity index (χ2v) is 7.88. The Labute approximate surface area is 159 Å². The molecule has 2 amide bonds. The minimum Gasteiger partial charge on any atom is -0.456 e. The lowest BCUT2D eigenvalue weighted by Crippen LogP contribution is -2.48. The maximum atomic E-state index is 13.1. The number of furan rings is 1. The van der Waals surface area contributed by atoms with Crippen LogP contribution in [0, 0.1) is 11.8 Å². The molecule has 3 atom stereocenters. The first-order chi connectivity index (χ1) is 13.2. The Bertz CT molecular complexity index is 978. The lowest BCUT2D eigenvalue weighted by atomic mass is 9.95. The molecule has 2 aliphatic rings. The number of anilines is 1. The summed E-state index contributed by atoms with van der Waals surface area (Å²) in [4.78, 5) is 15.1. The SMILES string of the molecule is CC1CCCC1CN1C(=O)NC(c2ccccc2)c2oc3ccccc3c21. The van der Waals surface area contributed by atoms with E-state index in [9.17, 15) is 4.79 Å². The summed E-state index contributed by atoms with van der Waals surface area (Å²) in [5, 5.41) is 4.20. The molecule has 4 nitrogen and oxygen atoms in total. The van der Waals surface area contributed by atoms with E-state index in [-0.39, 0.29) is 12.1 Å². The minimum atomic E-state index is -0.252. The van der Waals surface area contributed by atoms with Crippen molar-refractivity contribution in [1.29, 1.82) is 0 Å². The van der Waals surface area contributed by atoms with Crippen LogP contribution in [0.25, 0.3) is 11.0 Å². The van der Waals surface area contributed by atoms with Crippen LogP contribution >= 0.6 is 0 Å². The summed E-state index contributed by atoms with van der Waals surface area (Å²) < 4.78 is 6.27. The van der Waals surface area contributed by atoms with Crippen LogP contribution in [-0.4, -0.2) is 12.6 Å². The number of amides is 2. The number of urea groups is 1. The van der Waals surface area contributed by atoms with Crippen LogP contribution in [0.4, 0.5) is 10.5 Å². The molecule has 1 saturated carbocycles. The van der Waals surface area contributed by atoms with Gasteiger partial charge in [0, 0.05) is 11.9 Å². The largest absolute Gasteiger partial charge is 0.456 e. The van der Waals surface area contributed by atoms with Crippen LogP contribution in [0.15, 0.2) is 59.0 Å². The maximum absolute atomic E-state index is 13.1. The molecule has 138 valence electrons. The smallest absolute Gasteiger partial charge is 0.322 e. The third kappa shape index (κ3) is 2.71. The van der Waals surface area contributed by atoms with E-state index in [0.29, 0.717) is 11.8 Å². The predicted molar refractivity (Wildman–Crippen MR) is 107 cm³/mol. The lowest BCUT2D eigenvalue weighted by Gasteiger charge is -2.34. The van der Waals surface area contributed by atoms with Crippen molar-refractivity contribution in [2.45, 2.75) is 32.2 Å². The normalized spacial score (nSPS) is 24.9. The Hall–Kier alpha value is -2.75. The molecular formula is C23H24N2O2. The van der Waals surface area contributed by atoms with E-state index in [4.69, 9.17) is 4.42 Å². The van der Waals surface area contributed by atoms with Gasteiger partial charge in [-0.05, 0) is 36.0 Å². The van der Waals surface area contributed by atoms with Crippen LogP contribution in [0.2, 0.25) is 0 Å². The zero-order chi connectivity index (χ0) is 18.4. The molecule has 1 aliphatic heterocycles. The minimum absolute atomic E-state index is 0.0259. The number of nitrogens with one attached hydrogen (secondary N) is 1. The van der Waals surface area contributed by atoms with Crippen molar-refractivity contribution in [2.75, 3.05) is 11.4 Å². The van der Waals surface area contributed by atoms with Gasteiger partial charge in [-0.1, -0.05) is 62.2 Å². The summed E-state index contributed by atoms with van der Waals surface area (Å²) in [5.41, 5.74) is 2.83. The summed E-state index contributed by atoms with van der Waals surface area (Å²) in [6.45, 7) is 3.06. The monoisotopic (exact) mass is 360 g/mol. The van der Waals surface area contributed by atoms with Crippen molar-refractivity contribution in [3.05, 3.63) is 65.9 Å². The number of carbonyl (C=O) groups is 1. The molecule has 2 aromatic carbocycles. The summed E-state index contributed by atoms with van der Waals surface area (Å²) in [7, 11) is 0. The number of hydrogen-bond acceptors (Lipinski definition) is 2. The summed E-state index contributed by atoms with van der Waals surface area (Å²) in [6.07, 6.45) is 3.71. The molecule has 27 heavy (non-hydrogen) atoms. The van der Waals surface area contributed by atoms with Crippen LogP contribution in [0.1, 0.15) is 43.6 Å². The lowest BCUT2D eigenvalue weighted by molar-refractivity contribution is 0.238. The van der Waals surface area contributed by atoms with Crippen molar-refractivity contribution in [3.63, 3.8) is 0 Å². The van der Waals surface area contributed by atoms with Gasteiger partial charge >= 0.3 is 6.03 Å². The Morgan fingerprint density at radius 1 is 1.07 bits per heavy atom. The summed E-state index contributed by atoms with van der Waals surface area (Å²) >= 11 is 0. The number of carbonyl (C=O) groups excluding carboxylic acids is 1. The zero-order valence-corrected chi connectivity index (χ0v) is 15.5. The Kier molecular flexibility index (Phi) is 3.92. The van der Waals surface area contributed by atoms with Gasteiger partial charge in [0.1, 0.15) is 11.6 Å². The van der Waals surface area contributed by atoms with E-state index in [1.54, 1.807) is 0 Å². The van der Waals surface area contributed by atoms with Crippen molar-refractivity contribution >= 4 is 22.7 Å². The van der Waals surface area contributed by atoms with Crippen LogP contribution in [0.3, 0.4) is 0 Å². The second-order valence-electron chi connectivity index (χ2n) is 7.88. The van der Waals surface area contributed by atoms with Crippen molar-refractivity contribution in [1.82, 2.24) is 5.32 Å². The molecule has 2 heterocycles. The number of para-hydroxylation sites is 1. The highest BCUT2D eigenvalue weighted by molar-refractivity contribution is 6.05. The van der Waals surface area contributed by atoms with Gasteiger partial charge in [-0.25, -0.2) is 4.79 Å². The third-order valence-corrected chi connectivity index (χ3v) is 6.23. The first kappa shape index (κ1) is 16.4. The number of rotatable bonds is 3. The van der Waals surface area contributed by atoms with Gasteiger partial charge in [0.25, 0.3) is 0 Å². The van der Waals surface area contributed by atoms with E-state index >= 15 is 0 Å². The van der Waals surface area contributed by atoms with Gasteiger partial charge in [-0.2, -0.15) is 0 Å². The van der Waals surface area contributed by atoms with E-state index in [0.717, 1.165) is 34.5 Å². The molecule has 5 rings (SSSR count). The molecule has 4 heteroatoms. The zero-order valence-electron chi connectivity index (χ0n) is 15.5. The van der Waals surface area contributed by atoms with Gasteiger partial charge in [0.15, 0.2) is 5.76 Å². The van der Waals surface area contributed by atoms with Crippen molar-refractivity contribution in [3.8, 4) is 0 Å². The number of hydrogen-bond donors (Lipinski definition) is 1. The van der Waals surface area contributed by atoms with Gasteiger partial charge in [-0.3, -0.25) is 4.90 Å². The maximum Gasteiger partial charge on any atom is 0.322 e.